The van der Waals surface area contributed by atoms with Crippen molar-refractivity contribution in [3.8, 4) is 0 Å². The summed E-state index contributed by atoms with van der Waals surface area (Å²) >= 11 is 1.57. The van der Waals surface area contributed by atoms with Gasteiger partial charge in [0.25, 0.3) is 0 Å². The van der Waals surface area contributed by atoms with Gasteiger partial charge in [-0.3, -0.25) is 0 Å². The fourth-order valence-electron chi connectivity index (χ4n) is 2.02. The van der Waals surface area contributed by atoms with Crippen LogP contribution in [0.3, 0.4) is 0 Å². The van der Waals surface area contributed by atoms with E-state index in [9.17, 15) is 0 Å². The molecule has 1 rings (SSSR count). The molecular formula is C14H27N3S. The molecule has 2 atom stereocenters. The minimum absolute atomic E-state index is 0.428. The maximum atomic E-state index is 4.31. The highest BCUT2D eigenvalue weighted by Crippen LogP contribution is 2.30. The number of nitrogens with one attached hydrogen (secondary N) is 1. The van der Waals surface area contributed by atoms with Crippen LogP contribution in [0.2, 0.25) is 0 Å². The molecule has 0 saturated carbocycles. The normalized spacial score (nSPS) is 15.0. The van der Waals surface area contributed by atoms with Gasteiger partial charge < -0.3 is 5.32 Å². The summed E-state index contributed by atoms with van der Waals surface area (Å²) in [7, 11) is 0. The van der Waals surface area contributed by atoms with Crippen LogP contribution < -0.4 is 5.32 Å². The first-order valence-electron chi connectivity index (χ1n) is 7.15. The zero-order valence-corrected chi connectivity index (χ0v) is 13.2. The van der Waals surface area contributed by atoms with Gasteiger partial charge in [0.1, 0.15) is 0 Å². The molecular weight excluding hydrogens is 242 g/mol. The summed E-state index contributed by atoms with van der Waals surface area (Å²) in [6.45, 7) is 12.2. The molecule has 4 heteroatoms. The molecule has 0 saturated heterocycles. The predicted octanol–water partition coefficient (Wildman–Crippen LogP) is 4.14. The Hall–Kier alpha value is -0.480. The van der Waals surface area contributed by atoms with Crippen molar-refractivity contribution >= 4 is 11.5 Å². The summed E-state index contributed by atoms with van der Waals surface area (Å²) < 4.78 is 4.16. The molecule has 1 aromatic heterocycles. The Bertz CT molecular complexity index is 336. The highest BCUT2D eigenvalue weighted by molar-refractivity contribution is 7.05. The number of rotatable bonds is 8. The van der Waals surface area contributed by atoms with Crippen molar-refractivity contribution in [2.24, 2.45) is 5.92 Å². The molecule has 0 bridgehead atoms. The maximum Gasteiger partial charge on any atom is 0.0829 e. The van der Waals surface area contributed by atoms with Crippen LogP contribution in [0, 0.1) is 5.92 Å². The summed E-state index contributed by atoms with van der Waals surface area (Å²) in [6.07, 6.45) is 3.58. The molecule has 2 unspecified atom stereocenters. The van der Waals surface area contributed by atoms with Gasteiger partial charge >= 0.3 is 0 Å². The number of aromatic nitrogens is 2. The van der Waals surface area contributed by atoms with Crippen molar-refractivity contribution in [3.05, 3.63) is 10.6 Å². The van der Waals surface area contributed by atoms with Crippen LogP contribution in [0.15, 0.2) is 0 Å². The summed E-state index contributed by atoms with van der Waals surface area (Å²) in [5, 5.41) is 7.97. The van der Waals surface area contributed by atoms with E-state index in [1.54, 1.807) is 11.5 Å². The first-order valence-corrected chi connectivity index (χ1v) is 7.92. The van der Waals surface area contributed by atoms with Crippen molar-refractivity contribution < 1.29 is 0 Å². The lowest BCUT2D eigenvalue weighted by atomic mass is 9.95. The quantitative estimate of drug-likeness (QED) is 0.771. The lowest BCUT2D eigenvalue weighted by molar-refractivity contribution is 0.403. The second-order valence-corrected chi connectivity index (χ2v) is 6.22. The fraction of sp³-hybridized carbons (Fsp3) is 0.857. The third-order valence-electron chi connectivity index (χ3n) is 3.38. The zero-order valence-electron chi connectivity index (χ0n) is 12.4. The van der Waals surface area contributed by atoms with Gasteiger partial charge in [0.15, 0.2) is 0 Å². The molecule has 0 spiro atoms. The van der Waals surface area contributed by atoms with Crippen LogP contribution in [0.4, 0.5) is 0 Å². The molecule has 1 heterocycles. The Morgan fingerprint density at radius 2 is 1.94 bits per heavy atom. The summed E-state index contributed by atoms with van der Waals surface area (Å²) in [5.41, 5.74) is 1.18. The third-order valence-corrected chi connectivity index (χ3v) is 4.23. The van der Waals surface area contributed by atoms with Crippen LogP contribution in [0.5, 0.6) is 0 Å². The SMILES string of the molecule is CCCNC(CC(C)CC)c1snnc1C(C)C. The highest BCUT2D eigenvalue weighted by atomic mass is 32.1. The topological polar surface area (TPSA) is 37.8 Å². The van der Waals surface area contributed by atoms with E-state index in [1.165, 1.54) is 29.8 Å². The Labute approximate surface area is 116 Å². The highest BCUT2D eigenvalue weighted by Gasteiger charge is 2.22. The Morgan fingerprint density at radius 3 is 2.50 bits per heavy atom. The minimum Gasteiger partial charge on any atom is -0.309 e. The molecule has 0 amide bonds. The third kappa shape index (κ3) is 4.32. The molecule has 0 fully saturated rings. The minimum atomic E-state index is 0.428. The van der Waals surface area contributed by atoms with Crippen molar-refractivity contribution in [2.45, 2.75) is 65.8 Å². The largest absolute Gasteiger partial charge is 0.309 e. The Kier molecular flexibility index (Phi) is 6.79. The molecule has 0 aliphatic rings. The molecule has 0 radical (unpaired) electrons. The number of hydrogen-bond donors (Lipinski definition) is 1. The standard InChI is InChI=1S/C14H27N3S/c1-6-8-15-12(9-11(5)7-2)14-13(10(3)4)16-17-18-14/h10-12,15H,6-9H2,1-5H3. The smallest absolute Gasteiger partial charge is 0.0829 e. The van der Waals surface area contributed by atoms with E-state index in [4.69, 9.17) is 0 Å². The average molecular weight is 269 g/mol. The van der Waals surface area contributed by atoms with Crippen molar-refractivity contribution in [2.75, 3.05) is 6.54 Å². The summed E-state index contributed by atoms with van der Waals surface area (Å²) in [5.74, 6) is 1.20. The lowest BCUT2D eigenvalue weighted by Gasteiger charge is -2.21. The second kappa shape index (κ2) is 7.85. The summed E-state index contributed by atoms with van der Waals surface area (Å²) in [6, 6.07) is 0.428. The van der Waals surface area contributed by atoms with Crippen LogP contribution in [0.1, 0.15) is 76.4 Å². The van der Waals surface area contributed by atoms with Crippen molar-refractivity contribution in [1.29, 1.82) is 0 Å². The van der Waals surface area contributed by atoms with Gasteiger partial charge in [-0.15, -0.1) is 5.10 Å². The van der Waals surface area contributed by atoms with E-state index >= 15 is 0 Å². The van der Waals surface area contributed by atoms with Gasteiger partial charge in [0.2, 0.25) is 0 Å². The maximum absolute atomic E-state index is 4.31. The van der Waals surface area contributed by atoms with Gasteiger partial charge in [-0.1, -0.05) is 45.5 Å². The number of nitrogens with zero attached hydrogens (tertiary/aromatic N) is 2. The van der Waals surface area contributed by atoms with Crippen LogP contribution in [-0.4, -0.2) is 16.1 Å². The van der Waals surface area contributed by atoms with E-state index in [2.05, 4.69) is 49.5 Å². The Balaban J connectivity index is 2.83. The molecule has 104 valence electrons. The average Bonchev–Trinajstić information content (AvgIpc) is 2.83. The second-order valence-electron chi connectivity index (χ2n) is 5.43. The molecule has 0 aliphatic heterocycles. The van der Waals surface area contributed by atoms with Gasteiger partial charge in [-0.05, 0) is 42.8 Å². The number of hydrogen-bond acceptors (Lipinski definition) is 4. The molecule has 0 aliphatic carbocycles. The Morgan fingerprint density at radius 1 is 1.22 bits per heavy atom. The van der Waals surface area contributed by atoms with E-state index in [0.717, 1.165) is 12.5 Å². The van der Waals surface area contributed by atoms with Gasteiger partial charge in [-0.25, -0.2) is 0 Å². The van der Waals surface area contributed by atoms with E-state index in [1.807, 2.05) is 0 Å². The fourth-order valence-corrected chi connectivity index (χ4v) is 2.91. The predicted molar refractivity (Wildman–Crippen MR) is 79.1 cm³/mol. The van der Waals surface area contributed by atoms with Crippen LogP contribution in [-0.2, 0) is 0 Å². The van der Waals surface area contributed by atoms with E-state index in [0.29, 0.717) is 12.0 Å². The van der Waals surface area contributed by atoms with Crippen molar-refractivity contribution in [3.63, 3.8) is 0 Å². The molecule has 1 aromatic rings. The zero-order chi connectivity index (χ0) is 13.5. The molecule has 0 aromatic carbocycles. The summed E-state index contributed by atoms with van der Waals surface area (Å²) in [4.78, 5) is 1.35. The molecule has 18 heavy (non-hydrogen) atoms. The molecule has 3 nitrogen and oxygen atoms in total. The van der Waals surface area contributed by atoms with Crippen molar-refractivity contribution in [1.82, 2.24) is 14.9 Å². The van der Waals surface area contributed by atoms with Gasteiger partial charge in [-0.2, -0.15) is 0 Å². The first kappa shape index (κ1) is 15.6. The van der Waals surface area contributed by atoms with E-state index < -0.39 is 0 Å². The van der Waals surface area contributed by atoms with Crippen LogP contribution in [0.25, 0.3) is 0 Å². The first-order chi connectivity index (χ1) is 8.60. The van der Waals surface area contributed by atoms with Gasteiger partial charge in [0.05, 0.1) is 10.6 Å². The lowest BCUT2D eigenvalue weighted by Crippen LogP contribution is -2.24. The van der Waals surface area contributed by atoms with Gasteiger partial charge in [0, 0.05) is 6.04 Å². The van der Waals surface area contributed by atoms with Crippen LogP contribution >= 0.6 is 11.5 Å². The van der Waals surface area contributed by atoms with E-state index in [-0.39, 0.29) is 0 Å². The monoisotopic (exact) mass is 269 g/mol. The molecule has 1 N–H and O–H groups in total.